The maximum Gasteiger partial charge on any atom is 0.348 e. The number of amides is 2. The normalized spacial score (nSPS) is 12.5. The number of hydrogen-bond acceptors (Lipinski definition) is 4. The Kier molecular flexibility index (Phi) is 4.37. The smallest absolute Gasteiger partial charge is 0.348 e. The van der Waals surface area contributed by atoms with Crippen molar-refractivity contribution in [1.29, 1.82) is 0 Å². The average molecular weight is 326 g/mol. The van der Waals surface area contributed by atoms with E-state index in [1.807, 2.05) is 43.3 Å². The van der Waals surface area contributed by atoms with E-state index < -0.39 is 18.0 Å². The maximum absolute atomic E-state index is 12.0. The molecule has 0 aliphatic carbocycles. The monoisotopic (exact) mass is 326 g/mol. The first-order valence-electron chi connectivity index (χ1n) is 7.77. The average Bonchev–Trinajstić information content (AvgIpc) is 2.58. The van der Waals surface area contributed by atoms with E-state index in [-0.39, 0.29) is 6.42 Å². The molecule has 1 aliphatic rings. The van der Waals surface area contributed by atoms with Crippen LogP contribution in [-0.2, 0) is 9.63 Å². The Balaban J connectivity index is 2.07. The number of para-hydroxylation sites is 2. The largest absolute Gasteiger partial charge is 0.457 e. The zero-order chi connectivity index (χ0) is 17.1. The molecule has 2 aromatic carbocycles. The van der Waals surface area contributed by atoms with Gasteiger partial charge in [0, 0.05) is 17.5 Å². The fourth-order valence-corrected chi connectivity index (χ4v) is 2.72. The van der Waals surface area contributed by atoms with E-state index in [4.69, 9.17) is 15.3 Å². The van der Waals surface area contributed by atoms with Crippen molar-refractivity contribution in [3.8, 4) is 11.5 Å². The van der Waals surface area contributed by atoms with Crippen LogP contribution in [-0.4, -0.2) is 17.1 Å². The van der Waals surface area contributed by atoms with Gasteiger partial charge in [-0.2, -0.15) is 0 Å². The number of rotatable bonds is 3. The van der Waals surface area contributed by atoms with Gasteiger partial charge < -0.3 is 15.3 Å². The van der Waals surface area contributed by atoms with Crippen LogP contribution in [0.1, 0.15) is 36.9 Å². The SMILES string of the molecule is CCCC(=O)ON(C(N)=O)C1c2ccccc2Oc2ccccc21. The fraction of sp³-hybridized carbons (Fsp3) is 0.222. The minimum Gasteiger partial charge on any atom is -0.457 e. The van der Waals surface area contributed by atoms with Crippen molar-refractivity contribution in [2.24, 2.45) is 5.73 Å². The highest BCUT2D eigenvalue weighted by atomic mass is 16.7. The molecule has 0 saturated heterocycles. The number of carbonyl (C=O) groups excluding carboxylic acids is 2. The first kappa shape index (κ1) is 15.9. The van der Waals surface area contributed by atoms with Crippen LogP contribution < -0.4 is 10.5 Å². The van der Waals surface area contributed by atoms with E-state index in [1.54, 1.807) is 12.1 Å². The standard InChI is InChI=1S/C18H18N2O4/c1-2-7-16(21)24-20(18(19)22)17-12-8-3-5-10-14(12)23-15-11-6-4-9-13(15)17/h3-6,8-11,17H,2,7H2,1H3,(H2,19,22). The van der Waals surface area contributed by atoms with Crippen LogP contribution in [0.5, 0.6) is 11.5 Å². The summed E-state index contributed by atoms with van der Waals surface area (Å²) in [7, 11) is 0. The Labute approximate surface area is 139 Å². The second-order valence-corrected chi connectivity index (χ2v) is 5.46. The number of benzene rings is 2. The lowest BCUT2D eigenvalue weighted by atomic mass is 9.94. The first-order valence-corrected chi connectivity index (χ1v) is 7.77. The van der Waals surface area contributed by atoms with Gasteiger partial charge in [-0.3, -0.25) is 0 Å². The van der Waals surface area contributed by atoms with Crippen molar-refractivity contribution in [1.82, 2.24) is 5.06 Å². The number of hydroxylamine groups is 2. The van der Waals surface area contributed by atoms with Gasteiger partial charge in [0.25, 0.3) is 0 Å². The summed E-state index contributed by atoms with van der Waals surface area (Å²) in [5.74, 6) is 0.690. The molecule has 0 fully saturated rings. The number of primary amides is 1. The second kappa shape index (κ2) is 6.62. The second-order valence-electron chi connectivity index (χ2n) is 5.46. The molecule has 6 heteroatoms. The van der Waals surface area contributed by atoms with E-state index >= 15 is 0 Å². The van der Waals surface area contributed by atoms with E-state index in [2.05, 4.69) is 0 Å². The summed E-state index contributed by atoms with van der Waals surface area (Å²) in [4.78, 5) is 29.2. The zero-order valence-corrected chi connectivity index (χ0v) is 13.3. The molecule has 1 aliphatic heterocycles. The highest BCUT2D eigenvalue weighted by Gasteiger charge is 2.36. The van der Waals surface area contributed by atoms with E-state index in [0.717, 1.165) is 5.06 Å². The number of ether oxygens (including phenoxy) is 1. The molecule has 3 rings (SSSR count). The van der Waals surface area contributed by atoms with Crippen LogP contribution in [0.2, 0.25) is 0 Å². The molecule has 0 spiro atoms. The summed E-state index contributed by atoms with van der Waals surface area (Å²) >= 11 is 0. The van der Waals surface area contributed by atoms with E-state index in [1.165, 1.54) is 0 Å². The number of urea groups is 1. The van der Waals surface area contributed by atoms with Crippen LogP contribution in [0, 0.1) is 0 Å². The Morgan fingerprint density at radius 3 is 2.12 bits per heavy atom. The summed E-state index contributed by atoms with van der Waals surface area (Å²) in [5, 5.41) is 0.929. The molecule has 0 bridgehead atoms. The lowest BCUT2D eigenvalue weighted by Gasteiger charge is -2.34. The summed E-state index contributed by atoms with van der Waals surface area (Å²) in [5.41, 5.74) is 6.91. The summed E-state index contributed by atoms with van der Waals surface area (Å²) < 4.78 is 5.87. The van der Waals surface area contributed by atoms with Crippen molar-refractivity contribution >= 4 is 12.0 Å². The van der Waals surface area contributed by atoms with Crippen LogP contribution in [0.4, 0.5) is 4.79 Å². The molecule has 6 nitrogen and oxygen atoms in total. The van der Waals surface area contributed by atoms with Crippen molar-refractivity contribution in [3.63, 3.8) is 0 Å². The van der Waals surface area contributed by atoms with Gasteiger partial charge >= 0.3 is 12.0 Å². The third-order valence-corrected chi connectivity index (χ3v) is 3.75. The highest BCUT2D eigenvalue weighted by Crippen LogP contribution is 2.45. The topological polar surface area (TPSA) is 81.9 Å². The third kappa shape index (κ3) is 2.90. The van der Waals surface area contributed by atoms with Crippen molar-refractivity contribution in [2.45, 2.75) is 25.8 Å². The van der Waals surface area contributed by atoms with Gasteiger partial charge in [-0.15, -0.1) is 5.06 Å². The molecule has 24 heavy (non-hydrogen) atoms. The maximum atomic E-state index is 12.0. The summed E-state index contributed by atoms with van der Waals surface area (Å²) in [6, 6.07) is 13.1. The van der Waals surface area contributed by atoms with E-state index in [9.17, 15) is 9.59 Å². The summed E-state index contributed by atoms with van der Waals surface area (Å²) in [6.45, 7) is 1.86. The Morgan fingerprint density at radius 1 is 1.08 bits per heavy atom. The molecular formula is C18H18N2O4. The van der Waals surface area contributed by atoms with Gasteiger partial charge in [-0.05, 0) is 18.6 Å². The number of nitrogens with two attached hydrogens (primary N) is 1. The third-order valence-electron chi connectivity index (χ3n) is 3.75. The van der Waals surface area contributed by atoms with Gasteiger partial charge in [0.2, 0.25) is 0 Å². The Bertz CT molecular complexity index is 730. The van der Waals surface area contributed by atoms with E-state index in [0.29, 0.717) is 29.0 Å². The van der Waals surface area contributed by atoms with Crippen LogP contribution >= 0.6 is 0 Å². The van der Waals surface area contributed by atoms with Crippen molar-refractivity contribution < 1.29 is 19.2 Å². The number of nitrogens with zero attached hydrogens (tertiary/aromatic N) is 1. The minimum absolute atomic E-state index is 0.205. The predicted molar refractivity (Wildman–Crippen MR) is 87.2 cm³/mol. The van der Waals surface area contributed by atoms with Gasteiger partial charge in [0.15, 0.2) is 0 Å². The molecule has 0 saturated carbocycles. The predicted octanol–water partition coefficient (Wildman–Crippen LogP) is 3.52. The Morgan fingerprint density at radius 2 is 1.62 bits per heavy atom. The van der Waals surface area contributed by atoms with Gasteiger partial charge in [-0.1, -0.05) is 43.3 Å². The molecule has 0 atom stereocenters. The number of hydrogen-bond donors (Lipinski definition) is 1. The molecule has 0 radical (unpaired) electrons. The van der Waals surface area contributed by atoms with Crippen LogP contribution in [0.25, 0.3) is 0 Å². The Hall–Kier alpha value is -3.02. The molecule has 0 aromatic heterocycles. The molecule has 0 unspecified atom stereocenters. The molecule has 1 heterocycles. The van der Waals surface area contributed by atoms with Crippen molar-refractivity contribution in [3.05, 3.63) is 59.7 Å². The lowest BCUT2D eigenvalue weighted by Crippen LogP contribution is -2.41. The molecular weight excluding hydrogens is 308 g/mol. The number of carbonyl (C=O) groups is 2. The van der Waals surface area contributed by atoms with Crippen molar-refractivity contribution in [2.75, 3.05) is 0 Å². The summed E-state index contributed by atoms with van der Waals surface area (Å²) in [6.07, 6.45) is 0.822. The van der Waals surface area contributed by atoms with Gasteiger partial charge in [0.1, 0.15) is 17.5 Å². The zero-order valence-electron chi connectivity index (χ0n) is 13.3. The number of fused-ring (bicyclic) bond motifs is 2. The first-order chi connectivity index (χ1) is 11.6. The molecule has 2 N–H and O–H groups in total. The molecule has 2 aromatic rings. The van der Waals surface area contributed by atoms with Gasteiger partial charge in [-0.25, -0.2) is 9.59 Å². The quantitative estimate of drug-likeness (QED) is 0.875. The fourth-order valence-electron chi connectivity index (χ4n) is 2.72. The van der Waals surface area contributed by atoms with Crippen LogP contribution in [0.15, 0.2) is 48.5 Å². The highest BCUT2D eigenvalue weighted by molar-refractivity contribution is 5.77. The molecule has 2 amide bonds. The van der Waals surface area contributed by atoms with Gasteiger partial charge in [0.05, 0.1) is 0 Å². The van der Waals surface area contributed by atoms with Crippen LogP contribution in [0.3, 0.4) is 0 Å². The minimum atomic E-state index is -0.837. The molecule has 124 valence electrons. The lowest BCUT2D eigenvalue weighted by molar-refractivity contribution is -0.182.